The Labute approximate surface area is 117 Å². The minimum atomic E-state index is -0.0274. The molecule has 104 valence electrons. The molecule has 3 rings (SSSR count). The molecule has 0 saturated heterocycles. The van der Waals surface area contributed by atoms with Crippen molar-refractivity contribution in [1.82, 2.24) is 9.55 Å². The van der Waals surface area contributed by atoms with Crippen LogP contribution in [0.1, 0.15) is 24.4 Å². The second kappa shape index (κ2) is 5.09. The smallest absolute Gasteiger partial charge is 0.294 e. The van der Waals surface area contributed by atoms with Crippen LogP contribution in [-0.2, 0) is 6.54 Å². The summed E-state index contributed by atoms with van der Waals surface area (Å²) in [5, 5.41) is 0. The van der Waals surface area contributed by atoms with Gasteiger partial charge in [0.25, 0.3) is 5.56 Å². The van der Waals surface area contributed by atoms with Gasteiger partial charge in [-0.1, -0.05) is 12.1 Å². The molecular weight excluding hydrogens is 252 g/mol. The molecule has 0 bridgehead atoms. The van der Waals surface area contributed by atoms with Crippen LogP contribution in [0.15, 0.2) is 41.5 Å². The highest BCUT2D eigenvalue weighted by Gasteiger charge is 2.26. The van der Waals surface area contributed by atoms with Crippen LogP contribution in [0.5, 0.6) is 0 Å². The van der Waals surface area contributed by atoms with Gasteiger partial charge >= 0.3 is 0 Å². The average molecular weight is 270 g/mol. The quantitative estimate of drug-likeness (QED) is 0.920. The van der Waals surface area contributed by atoms with E-state index in [1.54, 1.807) is 17.0 Å². The molecule has 0 radical (unpaired) electrons. The molecule has 0 aliphatic heterocycles. The maximum atomic E-state index is 12.4. The Kier molecular flexibility index (Phi) is 3.28. The molecule has 0 unspecified atom stereocenters. The van der Waals surface area contributed by atoms with Crippen molar-refractivity contribution >= 4 is 11.5 Å². The van der Waals surface area contributed by atoms with E-state index in [1.165, 1.54) is 0 Å². The average Bonchev–Trinajstić information content (AvgIpc) is 3.31. The second-order valence-electron chi connectivity index (χ2n) is 5.12. The Bertz CT molecular complexity index is 658. The Balaban J connectivity index is 1.95. The fourth-order valence-electron chi connectivity index (χ4n) is 2.26. The molecule has 5 nitrogen and oxygen atoms in total. The minimum Gasteiger partial charge on any atom is -0.326 e. The minimum absolute atomic E-state index is 0.0274. The summed E-state index contributed by atoms with van der Waals surface area (Å²) < 4.78 is 1.78. The van der Waals surface area contributed by atoms with Crippen LogP contribution in [0.25, 0.3) is 0 Å². The number of nitrogens with zero attached hydrogens (tertiary/aromatic N) is 3. The van der Waals surface area contributed by atoms with Crippen LogP contribution in [0.2, 0.25) is 0 Å². The maximum Gasteiger partial charge on any atom is 0.294 e. The van der Waals surface area contributed by atoms with E-state index in [4.69, 9.17) is 5.73 Å². The van der Waals surface area contributed by atoms with E-state index in [1.807, 2.05) is 36.2 Å². The van der Waals surface area contributed by atoms with E-state index < -0.39 is 0 Å². The van der Waals surface area contributed by atoms with E-state index in [-0.39, 0.29) is 5.56 Å². The van der Waals surface area contributed by atoms with Crippen molar-refractivity contribution in [3.05, 3.63) is 52.6 Å². The molecule has 1 aromatic heterocycles. The van der Waals surface area contributed by atoms with E-state index in [0.29, 0.717) is 18.4 Å². The summed E-state index contributed by atoms with van der Waals surface area (Å²) in [6, 6.07) is 8.20. The van der Waals surface area contributed by atoms with Crippen molar-refractivity contribution in [3.63, 3.8) is 0 Å². The zero-order valence-electron chi connectivity index (χ0n) is 11.5. The summed E-state index contributed by atoms with van der Waals surface area (Å²) in [6.45, 7) is 0.516. The van der Waals surface area contributed by atoms with Gasteiger partial charge in [-0.3, -0.25) is 4.79 Å². The van der Waals surface area contributed by atoms with Crippen molar-refractivity contribution in [1.29, 1.82) is 0 Å². The highest BCUT2D eigenvalue weighted by Crippen LogP contribution is 2.33. The highest BCUT2D eigenvalue weighted by molar-refractivity contribution is 5.58. The van der Waals surface area contributed by atoms with Crippen molar-refractivity contribution in [2.75, 3.05) is 11.9 Å². The van der Waals surface area contributed by atoms with Crippen molar-refractivity contribution in [3.8, 4) is 0 Å². The van der Waals surface area contributed by atoms with Gasteiger partial charge in [0.1, 0.15) is 0 Å². The first kappa shape index (κ1) is 12.9. The van der Waals surface area contributed by atoms with Crippen LogP contribution in [-0.4, -0.2) is 16.6 Å². The summed E-state index contributed by atoms with van der Waals surface area (Å²) in [5.74, 6) is 0.458. The van der Waals surface area contributed by atoms with Gasteiger partial charge in [-0.2, -0.15) is 0 Å². The Hall–Kier alpha value is -2.14. The molecule has 1 heterocycles. The lowest BCUT2D eigenvalue weighted by Crippen LogP contribution is -2.27. The van der Waals surface area contributed by atoms with Crippen LogP contribution in [0.3, 0.4) is 0 Å². The number of aromatic nitrogens is 2. The monoisotopic (exact) mass is 270 g/mol. The Morgan fingerprint density at radius 1 is 1.35 bits per heavy atom. The van der Waals surface area contributed by atoms with Gasteiger partial charge in [-0.25, -0.2) is 4.98 Å². The molecule has 1 aliphatic carbocycles. The molecule has 0 atom stereocenters. The summed E-state index contributed by atoms with van der Waals surface area (Å²) in [6.07, 6.45) is 5.63. The standard InChI is InChI=1S/C15H18N4O/c1-18(12-4-2-11(10-16)3-5-12)14-15(20)19(9-8-17-14)13-6-7-13/h2-5,8-9,13H,6-7,10,16H2,1H3. The molecule has 0 spiro atoms. The number of hydrogen-bond acceptors (Lipinski definition) is 4. The maximum absolute atomic E-state index is 12.4. The summed E-state index contributed by atoms with van der Waals surface area (Å²) in [4.78, 5) is 18.5. The number of rotatable bonds is 4. The van der Waals surface area contributed by atoms with E-state index >= 15 is 0 Å². The van der Waals surface area contributed by atoms with Gasteiger partial charge in [-0.05, 0) is 30.5 Å². The van der Waals surface area contributed by atoms with Crippen molar-refractivity contribution in [2.24, 2.45) is 5.73 Å². The van der Waals surface area contributed by atoms with Crippen LogP contribution in [0.4, 0.5) is 11.5 Å². The molecule has 20 heavy (non-hydrogen) atoms. The van der Waals surface area contributed by atoms with Crippen molar-refractivity contribution in [2.45, 2.75) is 25.4 Å². The van der Waals surface area contributed by atoms with Gasteiger partial charge < -0.3 is 15.2 Å². The van der Waals surface area contributed by atoms with Gasteiger partial charge in [0.05, 0.1) is 0 Å². The molecule has 1 aromatic carbocycles. The third kappa shape index (κ3) is 2.32. The normalized spacial score (nSPS) is 14.3. The fraction of sp³-hybridized carbons (Fsp3) is 0.333. The Morgan fingerprint density at radius 2 is 2.05 bits per heavy atom. The number of benzene rings is 1. The van der Waals surface area contributed by atoms with Crippen LogP contribution < -0.4 is 16.2 Å². The van der Waals surface area contributed by atoms with Gasteiger partial charge in [0, 0.05) is 37.7 Å². The Morgan fingerprint density at radius 3 is 2.65 bits per heavy atom. The predicted octanol–water partition coefficient (Wildman–Crippen LogP) is 1.80. The molecule has 1 fully saturated rings. The van der Waals surface area contributed by atoms with Crippen LogP contribution >= 0.6 is 0 Å². The van der Waals surface area contributed by atoms with Gasteiger partial charge in [0.2, 0.25) is 0 Å². The summed E-state index contributed by atoms with van der Waals surface area (Å²) in [7, 11) is 1.86. The van der Waals surface area contributed by atoms with Crippen molar-refractivity contribution < 1.29 is 0 Å². The third-order valence-corrected chi connectivity index (χ3v) is 3.67. The summed E-state index contributed by atoms with van der Waals surface area (Å²) in [5.41, 5.74) is 7.56. The highest BCUT2D eigenvalue weighted by atomic mass is 16.1. The van der Waals surface area contributed by atoms with Gasteiger partial charge in [0.15, 0.2) is 5.82 Å². The molecule has 2 aromatic rings. The van der Waals surface area contributed by atoms with E-state index in [2.05, 4.69) is 4.98 Å². The lowest BCUT2D eigenvalue weighted by atomic mass is 10.2. The molecule has 1 aliphatic rings. The lowest BCUT2D eigenvalue weighted by molar-refractivity contribution is 0.697. The largest absolute Gasteiger partial charge is 0.326 e. The zero-order valence-corrected chi connectivity index (χ0v) is 11.5. The first-order valence-corrected chi connectivity index (χ1v) is 6.80. The zero-order chi connectivity index (χ0) is 14.1. The van der Waals surface area contributed by atoms with Crippen LogP contribution in [0, 0.1) is 0 Å². The third-order valence-electron chi connectivity index (χ3n) is 3.67. The molecule has 0 amide bonds. The van der Waals surface area contributed by atoms with Gasteiger partial charge in [-0.15, -0.1) is 0 Å². The second-order valence-corrected chi connectivity index (χ2v) is 5.12. The molecule has 5 heteroatoms. The molecular formula is C15H18N4O. The summed E-state index contributed by atoms with van der Waals surface area (Å²) >= 11 is 0. The predicted molar refractivity (Wildman–Crippen MR) is 79.2 cm³/mol. The fourth-order valence-corrected chi connectivity index (χ4v) is 2.26. The number of hydrogen-bond donors (Lipinski definition) is 1. The first-order valence-electron chi connectivity index (χ1n) is 6.80. The SMILES string of the molecule is CN(c1ccc(CN)cc1)c1nccn(C2CC2)c1=O. The topological polar surface area (TPSA) is 64.2 Å². The molecule has 2 N–H and O–H groups in total. The van der Waals surface area contributed by atoms with E-state index in [0.717, 1.165) is 24.1 Å². The first-order chi connectivity index (χ1) is 9.70. The van der Waals surface area contributed by atoms with E-state index in [9.17, 15) is 4.79 Å². The molecule has 1 saturated carbocycles. The lowest BCUT2D eigenvalue weighted by Gasteiger charge is -2.18. The number of nitrogens with two attached hydrogens (primary N) is 1. The number of anilines is 2.